The number of aliphatic hydroxyl groups is 1. The Kier molecular flexibility index (Phi) is 6.14. The van der Waals surface area contributed by atoms with E-state index < -0.39 is 11.0 Å². The van der Waals surface area contributed by atoms with Gasteiger partial charge in [-0.2, -0.15) is 0 Å². The summed E-state index contributed by atoms with van der Waals surface area (Å²) in [5.74, 6) is -0.245. The van der Waals surface area contributed by atoms with Crippen molar-refractivity contribution in [2.75, 3.05) is 6.61 Å². The van der Waals surface area contributed by atoms with Gasteiger partial charge < -0.3 is 15.6 Å². The number of carbonyl (C=O) groups is 1. The lowest BCUT2D eigenvalue weighted by Crippen LogP contribution is -2.40. The number of hydrogen-bond acceptors (Lipinski definition) is 5. The van der Waals surface area contributed by atoms with Crippen molar-refractivity contribution in [3.8, 4) is 0 Å². The van der Waals surface area contributed by atoms with E-state index >= 15 is 0 Å². The molecule has 1 atom stereocenters. The second kappa shape index (κ2) is 7.80. The second-order valence-corrected chi connectivity index (χ2v) is 8.38. The number of benzene rings is 1. The van der Waals surface area contributed by atoms with E-state index in [2.05, 4.69) is 4.99 Å². The van der Waals surface area contributed by atoms with Crippen molar-refractivity contribution in [1.29, 1.82) is 0 Å². The molecule has 26 heavy (non-hydrogen) atoms. The number of carbonyl (C=O) groups excluding carboxylic acids is 1. The number of nitrogens with two attached hydrogens (primary N) is 1. The first-order valence-electron chi connectivity index (χ1n) is 8.69. The van der Waals surface area contributed by atoms with Gasteiger partial charge in [-0.25, -0.2) is 0 Å². The van der Waals surface area contributed by atoms with Crippen molar-refractivity contribution in [1.82, 2.24) is 0 Å². The summed E-state index contributed by atoms with van der Waals surface area (Å²) >= 11 is 6.05. The van der Waals surface area contributed by atoms with E-state index in [-0.39, 0.29) is 12.6 Å². The molecular weight excluding hydrogens is 352 g/mol. The van der Waals surface area contributed by atoms with Crippen LogP contribution >= 0.6 is 11.6 Å². The molecule has 1 unspecified atom stereocenters. The molecule has 0 amide bonds. The maximum atomic E-state index is 12.7. The minimum absolute atomic E-state index is 0.243. The molecular formula is C20H27ClN2O3. The average Bonchev–Trinajstić information content (AvgIpc) is 2.53. The van der Waals surface area contributed by atoms with Crippen molar-refractivity contribution < 1.29 is 14.6 Å². The van der Waals surface area contributed by atoms with Gasteiger partial charge in [-0.3, -0.25) is 9.79 Å². The van der Waals surface area contributed by atoms with E-state index in [1.165, 1.54) is 0 Å². The molecule has 2 rings (SSSR count). The number of esters is 1. The summed E-state index contributed by atoms with van der Waals surface area (Å²) in [5, 5.41) is 10.0. The quantitative estimate of drug-likeness (QED) is 0.773. The molecule has 6 heteroatoms. The second-order valence-electron chi connectivity index (χ2n) is 7.94. The number of ether oxygens (including phenoxy) is 1. The van der Waals surface area contributed by atoms with E-state index in [0.717, 1.165) is 5.57 Å². The first-order chi connectivity index (χ1) is 12.0. The Morgan fingerprint density at radius 3 is 2.69 bits per heavy atom. The lowest BCUT2D eigenvalue weighted by molar-refractivity contribution is -0.166. The van der Waals surface area contributed by atoms with Crippen LogP contribution in [0.4, 0.5) is 5.69 Å². The summed E-state index contributed by atoms with van der Waals surface area (Å²) in [6.07, 6.45) is 1.54. The van der Waals surface area contributed by atoms with Crippen LogP contribution in [0.15, 0.2) is 40.5 Å². The molecule has 0 radical (unpaired) electrons. The summed E-state index contributed by atoms with van der Waals surface area (Å²) in [7, 11) is 0. The third-order valence-corrected chi connectivity index (χ3v) is 4.59. The first kappa shape index (κ1) is 20.5. The van der Waals surface area contributed by atoms with Gasteiger partial charge >= 0.3 is 5.97 Å². The molecule has 1 aliphatic rings. The Hall–Kier alpha value is -1.85. The number of aliphatic hydroxyl groups excluding tert-OH is 1. The topological polar surface area (TPSA) is 84.9 Å². The highest BCUT2D eigenvalue weighted by molar-refractivity contribution is 6.30. The van der Waals surface area contributed by atoms with Gasteiger partial charge in [0.1, 0.15) is 5.60 Å². The highest BCUT2D eigenvalue weighted by Gasteiger charge is 2.42. The molecule has 1 saturated carbocycles. The Morgan fingerprint density at radius 1 is 1.42 bits per heavy atom. The average molecular weight is 379 g/mol. The fraction of sp³-hybridized carbons (Fsp3) is 0.500. The summed E-state index contributed by atoms with van der Waals surface area (Å²) < 4.78 is 5.61. The van der Waals surface area contributed by atoms with Gasteiger partial charge in [0.05, 0.1) is 17.7 Å². The van der Waals surface area contributed by atoms with Crippen LogP contribution < -0.4 is 5.73 Å². The monoisotopic (exact) mass is 378 g/mol. The molecule has 0 aliphatic heterocycles. The van der Waals surface area contributed by atoms with Crippen molar-refractivity contribution in [2.24, 2.45) is 16.1 Å². The molecule has 1 aromatic carbocycles. The van der Waals surface area contributed by atoms with E-state index in [9.17, 15) is 9.90 Å². The van der Waals surface area contributed by atoms with Crippen LogP contribution in [0, 0.1) is 5.41 Å². The Labute approximate surface area is 159 Å². The highest BCUT2D eigenvalue weighted by atomic mass is 35.5. The normalized spacial score (nSPS) is 24.5. The van der Waals surface area contributed by atoms with Gasteiger partial charge in [0, 0.05) is 22.9 Å². The van der Waals surface area contributed by atoms with E-state index in [4.69, 9.17) is 22.1 Å². The zero-order valence-electron chi connectivity index (χ0n) is 15.8. The molecule has 0 spiro atoms. The lowest BCUT2D eigenvalue weighted by atomic mass is 9.72. The minimum Gasteiger partial charge on any atom is -0.460 e. The van der Waals surface area contributed by atoms with Crippen LogP contribution in [-0.4, -0.2) is 29.0 Å². The van der Waals surface area contributed by atoms with Crippen molar-refractivity contribution in [3.63, 3.8) is 0 Å². The van der Waals surface area contributed by atoms with Gasteiger partial charge in [-0.05, 0) is 64.3 Å². The third-order valence-electron chi connectivity index (χ3n) is 4.35. The van der Waals surface area contributed by atoms with Crippen LogP contribution in [0.25, 0.3) is 0 Å². The predicted molar refractivity (Wildman–Crippen MR) is 105 cm³/mol. The van der Waals surface area contributed by atoms with Crippen LogP contribution in [-0.2, 0) is 9.53 Å². The number of hydrogen-bond donors (Lipinski definition) is 2. The first-order valence-corrected chi connectivity index (χ1v) is 9.07. The van der Waals surface area contributed by atoms with Gasteiger partial charge in [0.25, 0.3) is 0 Å². The zero-order valence-corrected chi connectivity index (χ0v) is 16.6. The van der Waals surface area contributed by atoms with Crippen molar-refractivity contribution in [3.05, 3.63) is 40.6 Å². The Morgan fingerprint density at radius 2 is 2.12 bits per heavy atom. The smallest absolute Gasteiger partial charge is 0.312 e. The maximum absolute atomic E-state index is 12.7. The lowest BCUT2D eigenvalue weighted by Gasteiger charge is -2.36. The van der Waals surface area contributed by atoms with Crippen molar-refractivity contribution >= 4 is 29.0 Å². The molecule has 0 aromatic heterocycles. The van der Waals surface area contributed by atoms with Crippen LogP contribution in [0.3, 0.4) is 0 Å². The zero-order chi connectivity index (χ0) is 19.5. The third kappa shape index (κ3) is 5.08. The molecule has 0 bridgehead atoms. The number of rotatable bonds is 3. The summed E-state index contributed by atoms with van der Waals surface area (Å²) in [6, 6.07) is 7.18. The summed E-state index contributed by atoms with van der Waals surface area (Å²) in [5.41, 5.74) is 7.32. The number of halogens is 1. The number of nitrogens with zero attached hydrogens (tertiary/aromatic N) is 1. The standard InChI is InChI=1S/C20H27ClN2O3/c1-19(2,3)26-18(25)20(4)9-8-15(16(22)12-24)17(11-20)23-14-7-5-6-13(21)10-14/h5-7,10,24H,8-9,11-12,22H2,1-4H3/b16-15-,23-17?. The molecule has 0 saturated heterocycles. The highest BCUT2D eigenvalue weighted by Crippen LogP contribution is 2.40. The molecule has 142 valence electrons. The fourth-order valence-corrected chi connectivity index (χ4v) is 3.12. The van der Waals surface area contributed by atoms with Gasteiger partial charge in [-0.15, -0.1) is 0 Å². The molecule has 1 aliphatic carbocycles. The summed E-state index contributed by atoms with van der Waals surface area (Å²) in [6.45, 7) is 7.21. The molecule has 0 heterocycles. The Bertz CT molecular complexity index is 750. The maximum Gasteiger partial charge on any atom is 0.312 e. The van der Waals surface area contributed by atoms with Crippen molar-refractivity contribution in [2.45, 2.75) is 52.6 Å². The largest absolute Gasteiger partial charge is 0.460 e. The van der Waals surface area contributed by atoms with Gasteiger partial charge in [0.15, 0.2) is 0 Å². The molecule has 5 nitrogen and oxygen atoms in total. The molecule has 1 fully saturated rings. The number of aliphatic imine (C=N–C) groups is 1. The van der Waals surface area contributed by atoms with Crippen LogP contribution in [0.1, 0.15) is 47.0 Å². The fourth-order valence-electron chi connectivity index (χ4n) is 2.94. The predicted octanol–water partition coefficient (Wildman–Crippen LogP) is 4.15. The van der Waals surface area contributed by atoms with Gasteiger partial charge in [0.2, 0.25) is 0 Å². The van der Waals surface area contributed by atoms with Crippen LogP contribution in [0.2, 0.25) is 5.02 Å². The van der Waals surface area contributed by atoms with Gasteiger partial charge in [-0.1, -0.05) is 17.7 Å². The van der Waals surface area contributed by atoms with E-state index in [0.29, 0.717) is 41.4 Å². The van der Waals surface area contributed by atoms with Crippen LogP contribution in [0.5, 0.6) is 0 Å². The van der Waals surface area contributed by atoms with E-state index in [1.54, 1.807) is 12.1 Å². The Balaban J connectivity index is 2.41. The summed E-state index contributed by atoms with van der Waals surface area (Å²) in [4.78, 5) is 17.4. The van der Waals surface area contributed by atoms with E-state index in [1.807, 2.05) is 39.8 Å². The molecule has 1 aromatic rings. The SMILES string of the molecule is CC(C)(C)OC(=O)C1(C)CC/C(=C(/N)CO)C(=Nc2cccc(Cl)c2)C1. The molecule has 3 N–H and O–H groups in total. The minimum atomic E-state index is -0.691. The number of allylic oxidation sites excluding steroid dienone is 1.